The highest BCUT2D eigenvalue weighted by molar-refractivity contribution is 7.84. The minimum absolute atomic E-state index is 0.291. The second-order valence-corrected chi connectivity index (χ2v) is 6.42. The standard InChI is InChI=1S/C16H20N2O4S/c1-11-7-8-15(22-11)14(10-21-2)18-16(19)17-12-5-4-6-13(9-12)23(3)20/h4-9,14H,10H2,1-3H3,(H2,17,18,19)/t14-,23+/m0/s1. The van der Waals surface area contributed by atoms with E-state index in [-0.39, 0.29) is 6.03 Å². The lowest BCUT2D eigenvalue weighted by atomic mass is 10.2. The third kappa shape index (κ3) is 4.94. The van der Waals surface area contributed by atoms with E-state index in [1.54, 1.807) is 43.7 Å². The van der Waals surface area contributed by atoms with Crippen LogP contribution in [0.4, 0.5) is 10.5 Å². The van der Waals surface area contributed by atoms with Crippen molar-refractivity contribution in [2.75, 3.05) is 25.3 Å². The molecule has 2 N–H and O–H groups in total. The number of hydrogen-bond acceptors (Lipinski definition) is 4. The molecule has 0 unspecified atom stereocenters. The Labute approximate surface area is 137 Å². The molecule has 23 heavy (non-hydrogen) atoms. The fraction of sp³-hybridized carbons (Fsp3) is 0.312. The normalized spacial score (nSPS) is 13.3. The molecule has 0 spiro atoms. The minimum atomic E-state index is -1.10. The SMILES string of the molecule is COC[C@H](NC(=O)Nc1cccc([S@@](C)=O)c1)c1ccc(C)o1. The van der Waals surface area contributed by atoms with Gasteiger partial charge in [-0.3, -0.25) is 4.21 Å². The maximum Gasteiger partial charge on any atom is 0.319 e. The first-order chi connectivity index (χ1) is 11.0. The molecule has 2 amide bonds. The Balaban J connectivity index is 2.04. The number of amides is 2. The highest BCUT2D eigenvalue weighted by Gasteiger charge is 2.18. The Morgan fingerprint density at radius 3 is 2.74 bits per heavy atom. The molecule has 2 atom stereocenters. The molecule has 2 rings (SSSR count). The van der Waals surface area contributed by atoms with Gasteiger partial charge in [0.1, 0.15) is 17.6 Å². The monoisotopic (exact) mass is 336 g/mol. The lowest BCUT2D eigenvalue weighted by Crippen LogP contribution is -2.34. The van der Waals surface area contributed by atoms with Crippen LogP contribution < -0.4 is 10.6 Å². The largest absolute Gasteiger partial charge is 0.464 e. The van der Waals surface area contributed by atoms with E-state index in [1.807, 2.05) is 13.0 Å². The van der Waals surface area contributed by atoms with Crippen LogP contribution in [0.25, 0.3) is 0 Å². The fourth-order valence-corrected chi connectivity index (χ4v) is 2.64. The van der Waals surface area contributed by atoms with Crippen LogP contribution in [0.2, 0.25) is 0 Å². The number of benzene rings is 1. The van der Waals surface area contributed by atoms with Crippen LogP contribution in [0.5, 0.6) is 0 Å². The van der Waals surface area contributed by atoms with Crippen molar-refractivity contribution in [1.82, 2.24) is 5.32 Å². The van der Waals surface area contributed by atoms with E-state index in [0.29, 0.717) is 22.9 Å². The summed E-state index contributed by atoms with van der Waals surface area (Å²) < 4.78 is 22.2. The summed E-state index contributed by atoms with van der Waals surface area (Å²) in [5.74, 6) is 1.39. The first-order valence-electron chi connectivity index (χ1n) is 7.06. The number of methoxy groups -OCH3 is 1. The van der Waals surface area contributed by atoms with Gasteiger partial charge in [-0.2, -0.15) is 0 Å². The number of carbonyl (C=O) groups is 1. The maximum absolute atomic E-state index is 12.2. The Bertz CT molecular complexity index is 699. The molecule has 0 radical (unpaired) electrons. The number of carbonyl (C=O) groups excluding carboxylic acids is 1. The van der Waals surface area contributed by atoms with Gasteiger partial charge >= 0.3 is 6.03 Å². The van der Waals surface area contributed by atoms with E-state index in [1.165, 1.54) is 0 Å². The van der Waals surface area contributed by atoms with Gasteiger partial charge in [-0.05, 0) is 37.3 Å². The molecule has 7 heteroatoms. The van der Waals surface area contributed by atoms with E-state index in [2.05, 4.69) is 10.6 Å². The first-order valence-corrected chi connectivity index (χ1v) is 8.61. The number of ether oxygens (including phenoxy) is 1. The van der Waals surface area contributed by atoms with Crippen LogP contribution in [0.3, 0.4) is 0 Å². The highest BCUT2D eigenvalue weighted by Crippen LogP contribution is 2.18. The topological polar surface area (TPSA) is 80.6 Å². The second-order valence-electron chi connectivity index (χ2n) is 5.04. The zero-order chi connectivity index (χ0) is 16.8. The van der Waals surface area contributed by atoms with Crippen LogP contribution >= 0.6 is 0 Å². The van der Waals surface area contributed by atoms with E-state index >= 15 is 0 Å². The molecule has 6 nitrogen and oxygen atoms in total. The Hall–Kier alpha value is -2.12. The molecule has 0 aliphatic carbocycles. The van der Waals surface area contributed by atoms with Crippen LogP contribution in [0.1, 0.15) is 17.6 Å². The van der Waals surface area contributed by atoms with Gasteiger partial charge in [0.25, 0.3) is 0 Å². The molecule has 0 saturated carbocycles. The predicted molar refractivity (Wildman–Crippen MR) is 89.0 cm³/mol. The third-order valence-electron chi connectivity index (χ3n) is 3.17. The van der Waals surface area contributed by atoms with Crippen molar-refractivity contribution in [2.24, 2.45) is 0 Å². The zero-order valence-electron chi connectivity index (χ0n) is 13.3. The van der Waals surface area contributed by atoms with Gasteiger partial charge in [0.15, 0.2) is 0 Å². The van der Waals surface area contributed by atoms with E-state index < -0.39 is 16.8 Å². The second kappa shape index (κ2) is 7.94. The number of furan rings is 1. The van der Waals surface area contributed by atoms with Gasteiger partial charge in [-0.25, -0.2) is 4.79 Å². The van der Waals surface area contributed by atoms with Gasteiger partial charge in [0, 0.05) is 34.7 Å². The molecule has 1 aromatic carbocycles. The van der Waals surface area contributed by atoms with Crippen LogP contribution in [0, 0.1) is 6.92 Å². The third-order valence-corrected chi connectivity index (χ3v) is 4.08. The maximum atomic E-state index is 12.2. The number of hydrogen-bond donors (Lipinski definition) is 2. The zero-order valence-corrected chi connectivity index (χ0v) is 14.1. The number of rotatable bonds is 6. The summed E-state index contributed by atoms with van der Waals surface area (Å²) in [6.45, 7) is 2.13. The highest BCUT2D eigenvalue weighted by atomic mass is 32.2. The van der Waals surface area contributed by atoms with Crippen LogP contribution in [0.15, 0.2) is 45.7 Å². The quantitative estimate of drug-likeness (QED) is 0.850. The molecule has 1 heterocycles. The van der Waals surface area contributed by atoms with Gasteiger partial charge in [0.2, 0.25) is 0 Å². The first kappa shape index (κ1) is 17.2. The smallest absolute Gasteiger partial charge is 0.319 e. The molecule has 2 aromatic rings. The van der Waals surface area contributed by atoms with Crippen molar-refractivity contribution in [3.8, 4) is 0 Å². The number of urea groups is 1. The molecule has 1 aromatic heterocycles. The minimum Gasteiger partial charge on any atom is -0.464 e. The van der Waals surface area contributed by atoms with Crippen LogP contribution in [-0.4, -0.2) is 30.2 Å². The molecule has 0 aliphatic heterocycles. The van der Waals surface area contributed by atoms with Crippen molar-refractivity contribution in [1.29, 1.82) is 0 Å². The molecule has 124 valence electrons. The Kier molecular flexibility index (Phi) is 5.95. The summed E-state index contributed by atoms with van der Waals surface area (Å²) in [7, 11) is 0.456. The van der Waals surface area contributed by atoms with Crippen molar-refractivity contribution >= 4 is 22.5 Å². The van der Waals surface area contributed by atoms with Crippen molar-refractivity contribution in [3.05, 3.63) is 47.9 Å². The number of nitrogens with one attached hydrogen (secondary N) is 2. The summed E-state index contributed by atoms with van der Waals surface area (Å²) in [4.78, 5) is 12.8. The van der Waals surface area contributed by atoms with Crippen LogP contribution in [-0.2, 0) is 15.5 Å². The lowest BCUT2D eigenvalue weighted by Gasteiger charge is -2.16. The average molecular weight is 336 g/mol. The van der Waals surface area contributed by atoms with Crippen molar-refractivity contribution in [2.45, 2.75) is 17.9 Å². The summed E-state index contributed by atoms with van der Waals surface area (Å²) in [5, 5.41) is 5.52. The summed E-state index contributed by atoms with van der Waals surface area (Å²) >= 11 is 0. The molecule has 0 saturated heterocycles. The van der Waals surface area contributed by atoms with Gasteiger partial charge in [0.05, 0.1) is 6.61 Å². The van der Waals surface area contributed by atoms with Gasteiger partial charge in [-0.15, -0.1) is 0 Å². The van der Waals surface area contributed by atoms with E-state index in [9.17, 15) is 9.00 Å². The Morgan fingerprint density at radius 2 is 2.13 bits per heavy atom. The average Bonchev–Trinajstić information content (AvgIpc) is 2.93. The number of anilines is 1. The van der Waals surface area contributed by atoms with E-state index in [4.69, 9.17) is 9.15 Å². The molecular formula is C16H20N2O4S. The molecule has 0 fully saturated rings. The molecule has 0 bridgehead atoms. The summed E-state index contributed by atoms with van der Waals surface area (Å²) in [6, 6.07) is 9.76. The Morgan fingerprint density at radius 1 is 1.35 bits per heavy atom. The molecule has 0 aliphatic rings. The summed E-state index contributed by atoms with van der Waals surface area (Å²) in [5.41, 5.74) is 0.571. The lowest BCUT2D eigenvalue weighted by molar-refractivity contribution is 0.158. The van der Waals surface area contributed by atoms with Gasteiger partial charge in [-0.1, -0.05) is 6.07 Å². The fourth-order valence-electron chi connectivity index (χ4n) is 2.08. The van der Waals surface area contributed by atoms with E-state index in [0.717, 1.165) is 5.76 Å². The predicted octanol–water partition coefficient (Wildman–Crippen LogP) is 2.83. The summed E-state index contributed by atoms with van der Waals surface area (Å²) in [6.07, 6.45) is 1.59. The van der Waals surface area contributed by atoms with Crippen molar-refractivity contribution in [3.63, 3.8) is 0 Å². The number of aryl methyl sites for hydroxylation is 1. The molecular weight excluding hydrogens is 316 g/mol. The van der Waals surface area contributed by atoms with Gasteiger partial charge < -0.3 is 19.8 Å². The van der Waals surface area contributed by atoms with Crippen molar-refractivity contribution < 1.29 is 18.2 Å².